The minimum atomic E-state index is 0.815. The first-order valence-electron chi connectivity index (χ1n) is 12.1. The molecule has 1 N–H and O–H groups in total. The summed E-state index contributed by atoms with van der Waals surface area (Å²) in [6.45, 7) is 6.63. The second-order valence-electron chi connectivity index (χ2n) is 9.48. The molecule has 0 amide bonds. The van der Waals surface area contributed by atoms with Crippen LogP contribution in [0, 0.1) is 5.92 Å². The van der Waals surface area contributed by atoms with Gasteiger partial charge < -0.3 is 24.4 Å². The van der Waals surface area contributed by atoms with E-state index in [4.69, 9.17) is 4.74 Å². The van der Waals surface area contributed by atoms with Crippen LogP contribution in [0.5, 0.6) is 5.75 Å². The third-order valence-corrected chi connectivity index (χ3v) is 7.48. The first-order chi connectivity index (χ1) is 15.7. The second-order valence-corrected chi connectivity index (χ2v) is 9.48. The first-order valence-corrected chi connectivity index (χ1v) is 12.1. The van der Waals surface area contributed by atoms with Crippen molar-refractivity contribution in [1.82, 2.24) is 9.88 Å². The Kier molecular flexibility index (Phi) is 6.26. The molecule has 0 atom stereocenters. The quantitative estimate of drug-likeness (QED) is 0.608. The first kappa shape index (κ1) is 21.2. The predicted molar refractivity (Wildman–Crippen MR) is 134 cm³/mol. The van der Waals surface area contributed by atoms with Crippen molar-refractivity contribution < 1.29 is 4.74 Å². The number of H-pyrrole nitrogens is 1. The fraction of sp³-hybridized carbons (Fsp3) is 0.481. The van der Waals surface area contributed by atoms with Gasteiger partial charge in [0, 0.05) is 62.1 Å². The molecule has 2 fully saturated rings. The summed E-state index contributed by atoms with van der Waals surface area (Å²) < 4.78 is 5.71. The van der Waals surface area contributed by atoms with E-state index < -0.39 is 0 Å². The van der Waals surface area contributed by atoms with E-state index in [0.717, 1.165) is 50.9 Å². The van der Waals surface area contributed by atoms with Crippen LogP contribution >= 0.6 is 0 Å². The van der Waals surface area contributed by atoms with Gasteiger partial charge in [0.05, 0.1) is 12.8 Å². The molecule has 3 aromatic rings. The van der Waals surface area contributed by atoms with Gasteiger partial charge in [-0.15, -0.1) is 0 Å². The zero-order valence-electron chi connectivity index (χ0n) is 19.5. The molecule has 5 nitrogen and oxygen atoms in total. The summed E-state index contributed by atoms with van der Waals surface area (Å²) in [5.74, 6) is 1.81. The maximum atomic E-state index is 5.71. The number of anilines is 2. The third-order valence-electron chi connectivity index (χ3n) is 7.48. The number of hydrogen-bond acceptors (Lipinski definition) is 4. The minimum Gasteiger partial charge on any atom is -0.495 e. The Balaban J connectivity index is 1.20. The summed E-state index contributed by atoms with van der Waals surface area (Å²) in [6, 6.07) is 15.4. The average Bonchev–Trinajstić information content (AvgIpc) is 3.26. The van der Waals surface area contributed by atoms with Crippen LogP contribution in [0.3, 0.4) is 0 Å². The summed E-state index contributed by atoms with van der Waals surface area (Å²) >= 11 is 0. The lowest BCUT2D eigenvalue weighted by Crippen LogP contribution is -2.44. The standard InChI is InChI=1S/C27H36N4O/c1-29-15-17-31(18-16-29)26-19-23(9-10-27(26)32-2)30-13-11-21(12-14-30)7-8-22-20-28-25-6-4-3-5-24(22)25/h3-6,9-10,19-21,28H,7-8,11-18H2,1-2H3. The summed E-state index contributed by atoms with van der Waals surface area (Å²) in [5, 5.41) is 1.39. The molecular weight excluding hydrogens is 396 g/mol. The predicted octanol–water partition coefficient (Wildman–Crippen LogP) is 4.78. The Labute approximate surface area is 192 Å². The van der Waals surface area contributed by atoms with E-state index in [1.165, 1.54) is 53.5 Å². The van der Waals surface area contributed by atoms with Crippen LogP contribution in [0.15, 0.2) is 48.7 Å². The molecule has 170 valence electrons. The van der Waals surface area contributed by atoms with E-state index in [-0.39, 0.29) is 0 Å². The number of ether oxygens (including phenoxy) is 1. The zero-order valence-corrected chi connectivity index (χ0v) is 19.5. The summed E-state index contributed by atoms with van der Waals surface area (Å²) in [6.07, 6.45) is 7.21. The molecule has 0 spiro atoms. The molecule has 2 saturated heterocycles. The molecule has 0 aliphatic carbocycles. The number of methoxy groups -OCH3 is 1. The van der Waals surface area contributed by atoms with Gasteiger partial charge in [0.1, 0.15) is 5.75 Å². The number of likely N-dealkylation sites (N-methyl/N-ethyl adjacent to an activating group) is 1. The lowest BCUT2D eigenvalue weighted by Gasteiger charge is -2.37. The minimum absolute atomic E-state index is 0.815. The molecule has 1 aromatic heterocycles. The number of hydrogen-bond donors (Lipinski definition) is 1. The Morgan fingerprint density at radius 1 is 0.938 bits per heavy atom. The average molecular weight is 433 g/mol. The van der Waals surface area contributed by atoms with Crippen molar-refractivity contribution in [2.75, 3.05) is 63.2 Å². The normalized spacial score (nSPS) is 18.4. The maximum absolute atomic E-state index is 5.71. The van der Waals surface area contributed by atoms with E-state index in [2.05, 4.69) is 75.4 Å². The van der Waals surface area contributed by atoms with E-state index in [9.17, 15) is 0 Å². The van der Waals surface area contributed by atoms with Crippen LogP contribution < -0.4 is 14.5 Å². The molecule has 2 aliphatic heterocycles. The molecular formula is C27H36N4O. The number of nitrogens with zero attached hydrogens (tertiary/aromatic N) is 3. The maximum Gasteiger partial charge on any atom is 0.142 e. The molecule has 32 heavy (non-hydrogen) atoms. The number of nitrogens with one attached hydrogen (secondary N) is 1. The molecule has 2 aromatic carbocycles. The van der Waals surface area contributed by atoms with E-state index in [1.54, 1.807) is 7.11 Å². The van der Waals surface area contributed by atoms with Crippen molar-refractivity contribution in [3.63, 3.8) is 0 Å². The van der Waals surface area contributed by atoms with Crippen LogP contribution in [-0.4, -0.2) is 63.3 Å². The van der Waals surface area contributed by atoms with Crippen LogP contribution in [0.2, 0.25) is 0 Å². The number of aromatic nitrogens is 1. The summed E-state index contributed by atoms with van der Waals surface area (Å²) in [7, 11) is 3.99. The number of piperidine rings is 1. The highest BCUT2D eigenvalue weighted by Gasteiger charge is 2.23. The summed E-state index contributed by atoms with van der Waals surface area (Å²) in [5.41, 5.74) is 5.32. The van der Waals surface area contributed by atoms with E-state index in [1.807, 2.05) is 0 Å². The molecule has 5 rings (SSSR count). The highest BCUT2D eigenvalue weighted by Crippen LogP contribution is 2.35. The molecule has 0 radical (unpaired) electrons. The topological polar surface area (TPSA) is 34.7 Å². The highest BCUT2D eigenvalue weighted by molar-refractivity contribution is 5.83. The van der Waals surface area contributed by atoms with Crippen LogP contribution in [0.1, 0.15) is 24.8 Å². The molecule has 3 heterocycles. The van der Waals surface area contributed by atoms with Crippen LogP contribution in [0.4, 0.5) is 11.4 Å². The number of aromatic amines is 1. The van der Waals surface area contributed by atoms with Crippen molar-refractivity contribution in [1.29, 1.82) is 0 Å². The third kappa shape index (κ3) is 4.44. The molecule has 0 unspecified atom stereocenters. The number of rotatable bonds is 6. The fourth-order valence-corrected chi connectivity index (χ4v) is 5.35. The van der Waals surface area contributed by atoms with Gasteiger partial charge in [-0.25, -0.2) is 0 Å². The van der Waals surface area contributed by atoms with Crippen molar-refractivity contribution in [3.8, 4) is 5.75 Å². The number of fused-ring (bicyclic) bond motifs is 1. The van der Waals surface area contributed by atoms with E-state index in [0.29, 0.717) is 0 Å². The van der Waals surface area contributed by atoms with Gasteiger partial charge >= 0.3 is 0 Å². The number of benzene rings is 2. The monoisotopic (exact) mass is 432 g/mol. The van der Waals surface area contributed by atoms with Crippen LogP contribution in [-0.2, 0) is 6.42 Å². The van der Waals surface area contributed by atoms with Crippen molar-refractivity contribution in [2.45, 2.75) is 25.7 Å². The van der Waals surface area contributed by atoms with Gasteiger partial charge in [0.25, 0.3) is 0 Å². The van der Waals surface area contributed by atoms with Gasteiger partial charge in [0.2, 0.25) is 0 Å². The van der Waals surface area contributed by atoms with Gasteiger partial charge in [0.15, 0.2) is 0 Å². The van der Waals surface area contributed by atoms with Gasteiger partial charge in [-0.3, -0.25) is 0 Å². The van der Waals surface area contributed by atoms with Crippen LogP contribution in [0.25, 0.3) is 10.9 Å². The molecule has 0 saturated carbocycles. The Morgan fingerprint density at radius 3 is 2.50 bits per heavy atom. The fourth-order valence-electron chi connectivity index (χ4n) is 5.35. The Hall–Kier alpha value is -2.66. The second kappa shape index (κ2) is 9.45. The Bertz CT molecular complexity index is 1030. The van der Waals surface area contributed by atoms with Crippen molar-refractivity contribution >= 4 is 22.3 Å². The van der Waals surface area contributed by atoms with Gasteiger partial charge in [-0.05, 0) is 68.5 Å². The zero-order chi connectivity index (χ0) is 21.9. The largest absolute Gasteiger partial charge is 0.495 e. The van der Waals surface area contributed by atoms with E-state index >= 15 is 0 Å². The molecule has 5 heteroatoms. The van der Waals surface area contributed by atoms with Gasteiger partial charge in [-0.2, -0.15) is 0 Å². The Morgan fingerprint density at radius 2 is 1.72 bits per heavy atom. The molecule has 2 aliphatic rings. The number of aryl methyl sites for hydroxylation is 1. The molecule has 0 bridgehead atoms. The lowest BCUT2D eigenvalue weighted by atomic mass is 9.90. The summed E-state index contributed by atoms with van der Waals surface area (Å²) in [4.78, 5) is 10.9. The van der Waals surface area contributed by atoms with Crippen molar-refractivity contribution in [3.05, 3.63) is 54.2 Å². The number of piperazine rings is 1. The number of para-hydroxylation sites is 1. The van der Waals surface area contributed by atoms with Gasteiger partial charge in [-0.1, -0.05) is 18.2 Å². The SMILES string of the molecule is COc1ccc(N2CCC(CCc3c[nH]c4ccccc34)CC2)cc1N1CCN(C)CC1. The lowest BCUT2D eigenvalue weighted by molar-refractivity contribution is 0.311. The smallest absolute Gasteiger partial charge is 0.142 e. The highest BCUT2D eigenvalue weighted by atomic mass is 16.5. The van der Waals surface area contributed by atoms with Crippen molar-refractivity contribution in [2.24, 2.45) is 5.92 Å².